The second-order valence-corrected chi connectivity index (χ2v) is 5.96. The Kier molecular flexibility index (Phi) is 4.27. The number of aromatic nitrogens is 1. The summed E-state index contributed by atoms with van der Waals surface area (Å²) in [5.41, 5.74) is 3.31. The van der Waals surface area contributed by atoms with E-state index >= 15 is 0 Å². The summed E-state index contributed by atoms with van der Waals surface area (Å²) in [4.78, 5) is 26.7. The van der Waals surface area contributed by atoms with E-state index < -0.39 is 0 Å². The maximum Gasteiger partial charge on any atom is 0.272 e. The minimum Gasteiger partial charge on any atom is -0.349 e. The van der Waals surface area contributed by atoms with E-state index in [9.17, 15) is 9.59 Å². The molecule has 1 aromatic heterocycles. The number of anilines is 2. The number of rotatable bonds is 3. The number of H-pyrrole nitrogens is 1. The van der Waals surface area contributed by atoms with Gasteiger partial charge < -0.3 is 15.6 Å². The van der Waals surface area contributed by atoms with Crippen molar-refractivity contribution in [3.05, 3.63) is 58.7 Å². The first-order chi connectivity index (χ1) is 11.4. The number of hydrogen-bond donors (Lipinski definition) is 3. The molecule has 0 spiro atoms. The van der Waals surface area contributed by atoms with E-state index in [0.29, 0.717) is 22.1 Å². The Labute approximate surface area is 144 Å². The molecule has 122 valence electrons. The minimum absolute atomic E-state index is 0.165. The zero-order valence-corrected chi connectivity index (χ0v) is 14.0. The molecule has 3 N–H and O–H groups in total. The number of amides is 2. The second-order valence-electron chi connectivity index (χ2n) is 5.55. The summed E-state index contributed by atoms with van der Waals surface area (Å²) in [5, 5.41) is 6.99. The molecule has 5 nitrogen and oxygen atoms in total. The van der Waals surface area contributed by atoms with Gasteiger partial charge in [-0.3, -0.25) is 9.59 Å². The first-order valence-corrected chi connectivity index (χ1v) is 7.78. The van der Waals surface area contributed by atoms with Crippen molar-refractivity contribution in [3.63, 3.8) is 0 Å². The third kappa shape index (κ3) is 3.26. The van der Waals surface area contributed by atoms with Gasteiger partial charge in [0.25, 0.3) is 5.91 Å². The van der Waals surface area contributed by atoms with Crippen LogP contribution in [0.15, 0.2) is 42.5 Å². The molecule has 0 aliphatic rings. The summed E-state index contributed by atoms with van der Waals surface area (Å²) in [5.74, 6) is -0.438. The number of aromatic amines is 1. The first kappa shape index (κ1) is 16.1. The summed E-state index contributed by atoms with van der Waals surface area (Å²) in [7, 11) is 0. The normalized spacial score (nSPS) is 10.6. The molecule has 3 rings (SSSR count). The van der Waals surface area contributed by atoms with Crippen LogP contribution in [0.2, 0.25) is 5.02 Å². The summed E-state index contributed by atoms with van der Waals surface area (Å²) >= 11 is 6.13. The van der Waals surface area contributed by atoms with Crippen molar-refractivity contribution in [2.24, 2.45) is 0 Å². The molecule has 24 heavy (non-hydrogen) atoms. The van der Waals surface area contributed by atoms with E-state index in [4.69, 9.17) is 11.6 Å². The third-order valence-electron chi connectivity index (χ3n) is 3.66. The van der Waals surface area contributed by atoms with Crippen LogP contribution in [0.4, 0.5) is 11.4 Å². The van der Waals surface area contributed by atoms with Gasteiger partial charge in [-0.2, -0.15) is 0 Å². The highest BCUT2D eigenvalue weighted by Crippen LogP contribution is 2.25. The summed E-state index contributed by atoms with van der Waals surface area (Å²) in [6.45, 7) is 3.32. The molecule has 3 aromatic rings. The lowest BCUT2D eigenvalue weighted by Crippen LogP contribution is -2.14. The number of carbonyl (C=O) groups is 2. The van der Waals surface area contributed by atoms with E-state index in [1.807, 2.05) is 25.1 Å². The minimum atomic E-state index is -0.273. The van der Waals surface area contributed by atoms with Crippen LogP contribution >= 0.6 is 11.6 Å². The second kappa shape index (κ2) is 6.37. The smallest absolute Gasteiger partial charge is 0.272 e. The van der Waals surface area contributed by atoms with Gasteiger partial charge in [0.05, 0.1) is 10.5 Å². The molecule has 2 amide bonds. The number of hydrogen-bond acceptors (Lipinski definition) is 2. The van der Waals surface area contributed by atoms with E-state index in [-0.39, 0.29) is 11.8 Å². The molecule has 0 atom stereocenters. The molecule has 0 aliphatic heterocycles. The van der Waals surface area contributed by atoms with Gasteiger partial charge in [-0.15, -0.1) is 0 Å². The topological polar surface area (TPSA) is 74.0 Å². The third-order valence-corrected chi connectivity index (χ3v) is 3.97. The average molecular weight is 342 g/mol. The van der Waals surface area contributed by atoms with Crippen LogP contribution in [-0.2, 0) is 4.79 Å². The van der Waals surface area contributed by atoms with Crippen LogP contribution in [0.5, 0.6) is 0 Å². The maximum atomic E-state index is 12.5. The quantitative estimate of drug-likeness (QED) is 0.663. The Morgan fingerprint density at radius 2 is 1.88 bits per heavy atom. The van der Waals surface area contributed by atoms with Crippen molar-refractivity contribution in [3.8, 4) is 0 Å². The number of carbonyl (C=O) groups excluding carboxylic acids is 2. The van der Waals surface area contributed by atoms with E-state index in [0.717, 1.165) is 16.5 Å². The highest BCUT2D eigenvalue weighted by molar-refractivity contribution is 6.35. The van der Waals surface area contributed by atoms with Gasteiger partial charge in [0, 0.05) is 23.7 Å². The number of benzene rings is 2. The van der Waals surface area contributed by atoms with Gasteiger partial charge in [0.15, 0.2) is 0 Å². The largest absolute Gasteiger partial charge is 0.349 e. The van der Waals surface area contributed by atoms with Gasteiger partial charge in [-0.05, 0) is 36.8 Å². The Hall–Kier alpha value is -2.79. The number of para-hydroxylation sites is 1. The van der Waals surface area contributed by atoms with Gasteiger partial charge in [-0.25, -0.2) is 0 Å². The zero-order chi connectivity index (χ0) is 17.3. The van der Waals surface area contributed by atoms with Crippen molar-refractivity contribution in [1.29, 1.82) is 0 Å². The summed E-state index contributed by atoms with van der Waals surface area (Å²) in [6.07, 6.45) is 0. The fourth-order valence-electron chi connectivity index (χ4n) is 2.47. The molecule has 0 saturated heterocycles. The molecular weight excluding hydrogens is 326 g/mol. The molecule has 0 fully saturated rings. The Morgan fingerprint density at radius 3 is 2.58 bits per heavy atom. The van der Waals surface area contributed by atoms with Crippen molar-refractivity contribution in [2.75, 3.05) is 10.6 Å². The van der Waals surface area contributed by atoms with E-state index in [1.54, 1.807) is 24.3 Å². The predicted octanol–water partition coefficient (Wildman–Crippen LogP) is 4.34. The highest BCUT2D eigenvalue weighted by Gasteiger charge is 2.13. The lowest BCUT2D eigenvalue weighted by Gasteiger charge is -2.10. The van der Waals surface area contributed by atoms with Gasteiger partial charge in [0.1, 0.15) is 5.69 Å². The van der Waals surface area contributed by atoms with Crippen LogP contribution in [0, 0.1) is 6.92 Å². The van der Waals surface area contributed by atoms with Crippen molar-refractivity contribution in [2.45, 2.75) is 13.8 Å². The van der Waals surface area contributed by atoms with Crippen LogP contribution in [0.1, 0.15) is 23.0 Å². The average Bonchev–Trinajstić information content (AvgIpc) is 2.96. The molecule has 0 bridgehead atoms. The number of nitrogens with one attached hydrogen (secondary N) is 3. The molecular formula is C18H16ClN3O2. The van der Waals surface area contributed by atoms with E-state index in [2.05, 4.69) is 15.6 Å². The zero-order valence-electron chi connectivity index (χ0n) is 13.2. The van der Waals surface area contributed by atoms with Gasteiger partial charge in [-0.1, -0.05) is 29.8 Å². The maximum absolute atomic E-state index is 12.5. The number of aryl methyl sites for hydroxylation is 1. The fourth-order valence-corrected chi connectivity index (χ4v) is 2.70. The lowest BCUT2D eigenvalue weighted by molar-refractivity contribution is -0.114. The first-order valence-electron chi connectivity index (χ1n) is 7.41. The van der Waals surface area contributed by atoms with Crippen LogP contribution in [0.3, 0.4) is 0 Å². The van der Waals surface area contributed by atoms with E-state index in [1.165, 1.54) is 6.92 Å². The summed E-state index contributed by atoms with van der Waals surface area (Å²) in [6, 6.07) is 12.6. The van der Waals surface area contributed by atoms with Crippen molar-refractivity contribution in [1.82, 2.24) is 4.98 Å². The number of fused-ring (bicyclic) bond motifs is 1. The molecule has 6 heteroatoms. The predicted molar refractivity (Wildman–Crippen MR) is 96.7 cm³/mol. The van der Waals surface area contributed by atoms with Crippen LogP contribution < -0.4 is 10.6 Å². The highest BCUT2D eigenvalue weighted by atomic mass is 35.5. The summed E-state index contributed by atoms with van der Waals surface area (Å²) < 4.78 is 0. The molecule has 0 saturated carbocycles. The van der Waals surface area contributed by atoms with Gasteiger partial charge >= 0.3 is 0 Å². The lowest BCUT2D eigenvalue weighted by atomic mass is 10.1. The molecule has 0 radical (unpaired) electrons. The molecule has 2 aromatic carbocycles. The SMILES string of the molecule is CC(=O)Nc1ccc(C)c(NC(=O)c2cc3cccc(Cl)c3[nH]2)c1. The molecule has 0 aliphatic carbocycles. The Bertz CT molecular complexity index is 947. The molecule has 0 unspecified atom stereocenters. The van der Waals surface area contributed by atoms with Crippen molar-refractivity contribution >= 4 is 45.7 Å². The standard InChI is InChI=1S/C18H16ClN3O2/c1-10-6-7-13(20-11(2)23)9-15(10)22-18(24)16-8-12-4-3-5-14(19)17(12)21-16/h3-9,21H,1-2H3,(H,20,23)(H,22,24). The monoisotopic (exact) mass is 341 g/mol. The van der Waals surface area contributed by atoms with Crippen molar-refractivity contribution < 1.29 is 9.59 Å². The van der Waals surface area contributed by atoms with Gasteiger partial charge in [0.2, 0.25) is 5.91 Å². The Morgan fingerprint density at radius 1 is 1.08 bits per heavy atom. The molecule has 1 heterocycles. The number of halogens is 1. The Balaban J connectivity index is 1.88. The fraction of sp³-hybridized carbons (Fsp3) is 0.111. The van der Waals surface area contributed by atoms with Crippen LogP contribution in [-0.4, -0.2) is 16.8 Å². The van der Waals surface area contributed by atoms with Crippen LogP contribution in [0.25, 0.3) is 10.9 Å².